The van der Waals surface area contributed by atoms with Crippen LogP contribution in [-0.2, 0) is 10.2 Å². The van der Waals surface area contributed by atoms with E-state index in [0.29, 0.717) is 6.04 Å². The van der Waals surface area contributed by atoms with E-state index in [1.165, 1.54) is 5.56 Å². The van der Waals surface area contributed by atoms with Crippen molar-refractivity contribution in [3.8, 4) is 0 Å². The van der Waals surface area contributed by atoms with Crippen molar-refractivity contribution in [2.24, 2.45) is 0 Å². The zero-order valence-corrected chi connectivity index (χ0v) is 14.2. The van der Waals surface area contributed by atoms with E-state index in [2.05, 4.69) is 62.3 Å². The minimum Gasteiger partial charge on any atom is -0.350 e. The average molecular weight is 300 g/mol. The first kappa shape index (κ1) is 16.8. The molecule has 0 atom stereocenters. The molecular formula is C19H28N2O. The Morgan fingerprint density at radius 3 is 2.32 bits per heavy atom. The normalized spacial score (nSPS) is 17.8. The molecule has 0 spiro atoms. The fourth-order valence-electron chi connectivity index (χ4n) is 2.67. The summed E-state index contributed by atoms with van der Waals surface area (Å²) < 4.78 is 0. The number of rotatable bonds is 3. The minimum absolute atomic E-state index is 0.00875. The highest BCUT2D eigenvalue weighted by Gasteiger charge is 2.17. The highest BCUT2D eigenvalue weighted by Crippen LogP contribution is 2.22. The third-order valence-electron chi connectivity index (χ3n) is 4.27. The van der Waals surface area contributed by atoms with Crippen LogP contribution < -0.4 is 5.32 Å². The number of likely N-dealkylation sites (tertiary alicyclic amines) is 1. The third kappa shape index (κ3) is 4.99. The van der Waals surface area contributed by atoms with Crippen LogP contribution in [0.15, 0.2) is 30.3 Å². The van der Waals surface area contributed by atoms with Crippen molar-refractivity contribution in [3.05, 3.63) is 41.5 Å². The Labute approximate surface area is 134 Å². The molecule has 1 aliphatic heterocycles. The Kier molecular flexibility index (Phi) is 5.41. The fourth-order valence-corrected chi connectivity index (χ4v) is 2.67. The van der Waals surface area contributed by atoms with Gasteiger partial charge in [-0.15, -0.1) is 0 Å². The molecule has 0 bridgehead atoms. The Morgan fingerprint density at radius 2 is 1.77 bits per heavy atom. The Bertz CT molecular complexity index is 517. The highest BCUT2D eigenvalue weighted by atomic mass is 16.1. The molecule has 0 radical (unpaired) electrons. The molecule has 2 rings (SSSR count). The second-order valence-corrected chi connectivity index (χ2v) is 7.29. The Morgan fingerprint density at radius 1 is 1.18 bits per heavy atom. The summed E-state index contributed by atoms with van der Waals surface area (Å²) in [6.45, 7) is 8.72. The molecule has 0 aliphatic carbocycles. The van der Waals surface area contributed by atoms with Crippen LogP contribution in [0.4, 0.5) is 0 Å². The number of benzene rings is 1. The largest absolute Gasteiger partial charge is 0.350 e. The minimum atomic E-state index is 0.00875. The zero-order chi connectivity index (χ0) is 16.2. The number of carbonyl (C=O) groups excluding carboxylic acids is 1. The molecular weight excluding hydrogens is 272 g/mol. The van der Waals surface area contributed by atoms with Gasteiger partial charge in [0.2, 0.25) is 5.91 Å². The molecule has 1 aromatic rings. The number of piperidine rings is 1. The van der Waals surface area contributed by atoms with Crippen molar-refractivity contribution in [1.82, 2.24) is 10.2 Å². The van der Waals surface area contributed by atoms with Crippen molar-refractivity contribution >= 4 is 12.0 Å². The lowest BCUT2D eigenvalue weighted by atomic mass is 9.87. The molecule has 1 heterocycles. The van der Waals surface area contributed by atoms with Gasteiger partial charge in [-0.3, -0.25) is 4.79 Å². The summed E-state index contributed by atoms with van der Waals surface area (Å²) in [5.41, 5.74) is 2.53. The predicted octanol–water partition coefficient (Wildman–Crippen LogP) is 3.21. The summed E-state index contributed by atoms with van der Waals surface area (Å²) in [7, 11) is 2.12. The summed E-state index contributed by atoms with van der Waals surface area (Å²) in [6.07, 6.45) is 5.61. The van der Waals surface area contributed by atoms with E-state index >= 15 is 0 Å². The van der Waals surface area contributed by atoms with Crippen LogP contribution in [0.2, 0.25) is 0 Å². The smallest absolute Gasteiger partial charge is 0.244 e. The maximum absolute atomic E-state index is 12.0. The van der Waals surface area contributed by atoms with Gasteiger partial charge in [0.1, 0.15) is 0 Å². The first-order chi connectivity index (χ1) is 10.3. The first-order valence-corrected chi connectivity index (χ1v) is 8.12. The monoisotopic (exact) mass is 300 g/mol. The molecule has 1 N–H and O–H groups in total. The van der Waals surface area contributed by atoms with Crippen LogP contribution in [0.3, 0.4) is 0 Å². The van der Waals surface area contributed by atoms with Gasteiger partial charge in [-0.05, 0) is 55.6 Å². The van der Waals surface area contributed by atoms with Gasteiger partial charge < -0.3 is 10.2 Å². The maximum atomic E-state index is 12.0. The third-order valence-corrected chi connectivity index (χ3v) is 4.27. The molecule has 3 heteroatoms. The molecule has 120 valence electrons. The number of nitrogens with one attached hydrogen (secondary N) is 1. The van der Waals surface area contributed by atoms with E-state index in [1.54, 1.807) is 6.08 Å². The molecule has 1 amide bonds. The van der Waals surface area contributed by atoms with Crippen LogP contribution in [0.5, 0.6) is 0 Å². The molecule has 3 nitrogen and oxygen atoms in total. The van der Waals surface area contributed by atoms with Gasteiger partial charge in [0.05, 0.1) is 0 Å². The van der Waals surface area contributed by atoms with Gasteiger partial charge in [0, 0.05) is 12.1 Å². The van der Waals surface area contributed by atoms with E-state index in [9.17, 15) is 4.79 Å². The summed E-state index contributed by atoms with van der Waals surface area (Å²) in [6, 6.07) is 8.72. The molecule has 0 unspecified atom stereocenters. The van der Waals surface area contributed by atoms with E-state index in [4.69, 9.17) is 0 Å². The number of hydrogen-bond donors (Lipinski definition) is 1. The van der Waals surface area contributed by atoms with Gasteiger partial charge >= 0.3 is 0 Å². The number of hydrogen-bond acceptors (Lipinski definition) is 2. The average Bonchev–Trinajstić information content (AvgIpc) is 2.47. The van der Waals surface area contributed by atoms with Crippen molar-refractivity contribution in [2.75, 3.05) is 20.1 Å². The van der Waals surface area contributed by atoms with Crippen LogP contribution in [0, 0.1) is 0 Å². The summed E-state index contributed by atoms with van der Waals surface area (Å²) in [5, 5.41) is 3.09. The zero-order valence-electron chi connectivity index (χ0n) is 14.2. The molecule has 1 aromatic carbocycles. The van der Waals surface area contributed by atoms with Gasteiger partial charge in [-0.1, -0.05) is 45.0 Å². The van der Waals surface area contributed by atoms with Crippen molar-refractivity contribution in [3.63, 3.8) is 0 Å². The SMILES string of the molecule is CN1CCC(NC(=O)/C=C/c2ccc(C(C)(C)C)cc2)CC1. The topological polar surface area (TPSA) is 32.3 Å². The van der Waals surface area contributed by atoms with Crippen LogP contribution in [0.1, 0.15) is 44.7 Å². The van der Waals surface area contributed by atoms with Crippen molar-refractivity contribution in [2.45, 2.75) is 45.1 Å². The van der Waals surface area contributed by atoms with Gasteiger partial charge in [0.15, 0.2) is 0 Å². The second kappa shape index (κ2) is 7.10. The lowest BCUT2D eigenvalue weighted by Gasteiger charge is -2.29. The van der Waals surface area contributed by atoms with Crippen LogP contribution in [0.25, 0.3) is 6.08 Å². The standard InChI is InChI=1S/C19H28N2O/c1-19(2,3)16-8-5-15(6-9-16)7-10-18(22)20-17-11-13-21(4)14-12-17/h5-10,17H,11-14H2,1-4H3,(H,20,22)/b10-7+. The van der Waals surface area contributed by atoms with Gasteiger partial charge in [-0.25, -0.2) is 0 Å². The first-order valence-electron chi connectivity index (χ1n) is 8.12. The van der Waals surface area contributed by atoms with E-state index in [1.807, 2.05) is 6.08 Å². The van der Waals surface area contributed by atoms with E-state index in [-0.39, 0.29) is 11.3 Å². The van der Waals surface area contributed by atoms with Crippen LogP contribution >= 0.6 is 0 Å². The summed E-state index contributed by atoms with van der Waals surface area (Å²) in [5.74, 6) is 0.00875. The van der Waals surface area contributed by atoms with Crippen molar-refractivity contribution in [1.29, 1.82) is 0 Å². The van der Waals surface area contributed by atoms with Crippen molar-refractivity contribution < 1.29 is 4.79 Å². The molecule has 1 fully saturated rings. The predicted molar refractivity (Wildman–Crippen MR) is 92.8 cm³/mol. The van der Waals surface area contributed by atoms with E-state index < -0.39 is 0 Å². The Hall–Kier alpha value is -1.61. The molecule has 0 aromatic heterocycles. The Balaban J connectivity index is 1.87. The summed E-state index contributed by atoms with van der Waals surface area (Å²) in [4.78, 5) is 14.3. The van der Waals surface area contributed by atoms with Gasteiger partial charge in [-0.2, -0.15) is 0 Å². The fraction of sp³-hybridized carbons (Fsp3) is 0.526. The van der Waals surface area contributed by atoms with Crippen LogP contribution in [-0.4, -0.2) is 37.0 Å². The lowest BCUT2D eigenvalue weighted by molar-refractivity contribution is -0.117. The highest BCUT2D eigenvalue weighted by molar-refractivity contribution is 5.91. The summed E-state index contributed by atoms with van der Waals surface area (Å²) >= 11 is 0. The molecule has 0 saturated carbocycles. The molecule has 1 saturated heterocycles. The maximum Gasteiger partial charge on any atom is 0.244 e. The molecule has 22 heavy (non-hydrogen) atoms. The second-order valence-electron chi connectivity index (χ2n) is 7.29. The molecule has 1 aliphatic rings. The number of carbonyl (C=O) groups is 1. The van der Waals surface area contributed by atoms with Gasteiger partial charge in [0.25, 0.3) is 0 Å². The number of amides is 1. The number of nitrogens with zero attached hydrogens (tertiary/aromatic N) is 1. The van der Waals surface area contributed by atoms with E-state index in [0.717, 1.165) is 31.5 Å². The quantitative estimate of drug-likeness (QED) is 0.869. The lowest BCUT2D eigenvalue weighted by Crippen LogP contribution is -2.42.